The molecule has 0 bridgehead atoms. The van der Waals surface area contributed by atoms with Crippen molar-refractivity contribution in [2.24, 2.45) is 0 Å². The molecule has 2 rings (SSSR count). The van der Waals surface area contributed by atoms with Gasteiger partial charge in [-0.15, -0.1) is 0 Å². The predicted molar refractivity (Wildman–Crippen MR) is 65.1 cm³/mol. The third kappa shape index (κ3) is 2.73. The summed E-state index contributed by atoms with van der Waals surface area (Å²) >= 11 is 0. The number of hydrogen-bond acceptors (Lipinski definition) is 2. The Morgan fingerprint density at radius 1 is 1.13 bits per heavy atom. The Hall–Kier alpha value is -0.0800. The quantitative estimate of drug-likeness (QED) is 0.715. The van der Waals surface area contributed by atoms with Gasteiger partial charge in [-0.25, -0.2) is 0 Å². The molecule has 1 aliphatic carbocycles. The highest BCUT2D eigenvalue weighted by molar-refractivity contribution is 4.91. The lowest BCUT2D eigenvalue weighted by Crippen LogP contribution is -2.50. The van der Waals surface area contributed by atoms with Crippen LogP contribution in [0.2, 0.25) is 0 Å². The van der Waals surface area contributed by atoms with Crippen LogP contribution >= 0.6 is 0 Å². The van der Waals surface area contributed by atoms with Crippen LogP contribution in [0.15, 0.2) is 0 Å². The van der Waals surface area contributed by atoms with Gasteiger partial charge in [-0.05, 0) is 46.6 Å². The van der Waals surface area contributed by atoms with Gasteiger partial charge in [0.25, 0.3) is 0 Å². The van der Waals surface area contributed by atoms with E-state index in [1.54, 1.807) is 0 Å². The van der Waals surface area contributed by atoms with E-state index in [4.69, 9.17) is 0 Å². The van der Waals surface area contributed by atoms with Gasteiger partial charge in [0.05, 0.1) is 0 Å². The van der Waals surface area contributed by atoms with Crippen LogP contribution in [0.25, 0.3) is 0 Å². The molecular weight excluding hydrogens is 184 g/mol. The fourth-order valence-electron chi connectivity index (χ4n) is 3.18. The summed E-state index contributed by atoms with van der Waals surface area (Å²) in [6.07, 6.45) is 7.06. The molecule has 1 heterocycles. The molecule has 15 heavy (non-hydrogen) atoms. The second-order valence-electron chi connectivity index (χ2n) is 6.06. The molecule has 2 nitrogen and oxygen atoms in total. The summed E-state index contributed by atoms with van der Waals surface area (Å²) in [7, 11) is 0. The van der Waals surface area contributed by atoms with E-state index in [0.29, 0.717) is 5.54 Å². The smallest absolute Gasteiger partial charge is 0.0252 e. The van der Waals surface area contributed by atoms with Crippen LogP contribution in [0.5, 0.6) is 0 Å². The van der Waals surface area contributed by atoms with Crippen LogP contribution < -0.4 is 5.32 Å². The zero-order valence-corrected chi connectivity index (χ0v) is 10.6. The van der Waals surface area contributed by atoms with Crippen LogP contribution in [-0.4, -0.2) is 35.6 Å². The predicted octanol–water partition coefficient (Wildman–Crippen LogP) is 2.39. The molecular formula is C13H26N2. The maximum Gasteiger partial charge on any atom is 0.0252 e. The Morgan fingerprint density at radius 3 is 2.47 bits per heavy atom. The second-order valence-corrected chi connectivity index (χ2v) is 6.06. The normalized spacial score (nSPS) is 34.2. The lowest BCUT2D eigenvalue weighted by Gasteiger charge is -2.37. The number of nitrogens with one attached hydrogen (secondary N) is 1. The van der Waals surface area contributed by atoms with Crippen LogP contribution in [0.4, 0.5) is 0 Å². The third-order valence-corrected chi connectivity index (χ3v) is 4.10. The van der Waals surface area contributed by atoms with Gasteiger partial charge >= 0.3 is 0 Å². The average Bonchev–Trinajstić information content (AvgIpc) is 2.62. The number of hydrogen-bond donors (Lipinski definition) is 1. The van der Waals surface area contributed by atoms with Crippen molar-refractivity contribution in [3.8, 4) is 0 Å². The van der Waals surface area contributed by atoms with Crippen LogP contribution in [0, 0.1) is 0 Å². The van der Waals surface area contributed by atoms with Crippen molar-refractivity contribution in [3.63, 3.8) is 0 Å². The summed E-state index contributed by atoms with van der Waals surface area (Å²) in [5.41, 5.74) is 0.299. The summed E-state index contributed by atoms with van der Waals surface area (Å²) < 4.78 is 0. The highest BCUT2D eigenvalue weighted by atomic mass is 15.2. The summed E-state index contributed by atoms with van der Waals surface area (Å²) in [6, 6.07) is 1.64. The van der Waals surface area contributed by atoms with E-state index in [9.17, 15) is 0 Å². The molecule has 0 aromatic rings. The third-order valence-electron chi connectivity index (χ3n) is 4.10. The number of nitrogens with zero attached hydrogens (tertiary/aromatic N) is 1. The molecule has 0 radical (unpaired) electrons. The van der Waals surface area contributed by atoms with Crippen molar-refractivity contribution in [1.29, 1.82) is 0 Å². The van der Waals surface area contributed by atoms with Crippen molar-refractivity contribution in [2.45, 2.75) is 70.5 Å². The van der Waals surface area contributed by atoms with E-state index in [-0.39, 0.29) is 0 Å². The first-order valence-electron chi connectivity index (χ1n) is 6.59. The van der Waals surface area contributed by atoms with E-state index in [1.807, 2.05) is 0 Å². The van der Waals surface area contributed by atoms with Crippen molar-refractivity contribution < 1.29 is 0 Å². The molecule has 0 amide bonds. The topological polar surface area (TPSA) is 15.3 Å². The van der Waals surface area contributed by atoms with Gasteiger partial charge in [0.15, 0.2) is 0 Å². The van der Waals surface area contributed by atoms with Gasteiger partial charge in [0.2, 0.25) is 0 Å². The van der Waals surface area contributed by atoms with Gasteiger partial charge in [-0.2, -0.15) is 0 Å². The molecule has 2 heteroatoms. The van der Waals surface area contributed by atoms with Crippen molar-refractivity contribution in [2.75, 3.05) is 13.1 Å². The van der Waals surface area contributed by atoms with E-state index in [0.717, 1.165) is 12.1 Å². The van der Waals surface area contributed by atoms with E-state index in [2.05, 4.69) is 31.0 Å². The lowest BCUT2D eigenvalue weighted by molar-refractivity contribution is 0.125. The molecule has 1 atom stereocenters. The maximum atomic E-state index is 3.66. The van der Waals surface area contributed by atoms with E-state index < -0.39 is 0 Å². The average molecular weight is 210 g/mol. The van der Waals surface area contributed by atoms with Crippen molar-refractivity contribution >= 4 is 0 Å². The zero-order valence-electron chi connectivity index (χ0n) is 10.6. The highest BCUT2D eigenvalue weighted by Gasteiger charge is 2.33. The maximum absolute atomic E-state index is 3.66. The summed E-state index contributed by atoms with van der Waals surface area (Å²) in [6.45, 7) is 9.48. The first-order chi connectivity index (χ1) is 7.08. The SMILES string of the molecule is CC1CCNC(C)(C)CN1C1CCCC1. The fraction of sp³-hybridized carbons (Fsp3) is 1.00. The molecule has 1 N–H and O–H groups in total. The van der Waals surface area contributed by atoms with E-state index >= 15 is 0 Å². The molecule has 1 unspecified atom stereocenters. The Balaban J connectivity index is 2.04. The van der Waals surface area contributed by atoms with Gasteiger partial charge in [-0.1, -0.05) is 12.8 Å². The summed E-state index contributed by atoms with van der Waals surface area (Å²) in [4.78, 5) is 2.77. The van der Waals surface area contributed by atoms with Crippen molar-refractivity contribution in [1.82, 2.24) is 10.2 Å². The largest absolute Gasteiger partial charge is 0.310 e. The Kier molecular flexibility index (Phi) is 3.36. The van der Waals surface area contributed by atoms with Gasteiger partial charge in [-0.3, -0.25) is 4.90 Å². The Morgan fingerprint density at radius 2 is 1.80 bits per heavy atom. The van der Waals surface area contributed by atoms with Gasteiger partial charge in [0, 0.05) is 24.2 Å². The molecule has 1 saturated heterocycles. The molecule has 0 spiro atoms. The molecule has 0 aromatic carbocycles. The van der Waals surface area contributed by atoms with Gasteiger partial charge < -0.3 is 5.32 Å². The minimum Gasteiger partial charge on any atom is -0.310 e. The standard InChI is InChI=1S/C13H26N2/c1-11-8-9-14-13(2,3)10-15(11)12-6-4-5-7-12/h11-12,14H,4-10H2,1-3H3. The van der Waals surface area contributed by atoms with Crippen LogP contribution in [-0.2, 0) is 0 Å². The Labute approximate surface area is 94.4 Å². The first kappa shape index (κ1) is 11.4. The molecule has 1 saturated carbocycles. The molecule has 0 aromatic heterocycles. The lowest BCUT2D eigenvalue weighted by atomic mass is 10.0. The molecule has 2 fully saturated rings. The second kappa shape index (κ2) is 4.42. The molecule has 1 aliphatic heterocycles. The van der Waals surface area contributed by atoms with E-state index in [1.165, 1.54) is 45.2 Å². The minimum atomic E-state index is 0.299. The summed E-state index contributed by atoms with van der Waals surface area (Å²) in [5.74, 6) is 0. The Bertz CT molecular complexity index is 207. The van der Waals surface area contributed by atoms with Gasteiger partial charge in [0.1, 0.15) is 0 Å². The van der Waals surface area contributed by atoms with Crippen LogP contribution in [0.1, 0.15) is 52.9 Å². The van der Waals surface area contributed by atoms with Crippen LogP contribution in [0.3, 0.4) is 0 Å². The monoisotopic (exact) mass is 210 g/mol. The summed E-state index contributed by atoms with van der Waals surface area (Å²) in [5, 5.41) is 3.66. The highest BCUT2D eigenvalue weighted by Crippen LogP contribution is 2.28. The van der Waals surface area contributed by atoms with Crippen molar-refractivity contribution in [3.05, 3.63) is 0 Å². The number of rotatable bonds is 1. The minimum absolute atomic E-state index is 0.299. The zero-order chi connectivity index (χ0) is 10.9. The molecule has 2 aliphatic rings. The first-order valence-corrected chi connectivity index (χ1v) is 6.59. The molecule has 88 valence electrons. The fourth-order valence-corrected chi connectivity index (χ4v) is 3.18.